The molecule has 1 aliphatic rings. The Balaban J connectivity index is 2.16. The third-order valence-electron chi connectivity index (χ3n) is 3.76. The van der Waals surface area contributed by atoms with Gasteiger partial charge in [-0.05, 0) is 44.2 Å². The molecular formula is C13H28N2O. The molecule has 0 aromatic rings. The van der Waals surface area contributed by atoms with Gasteiger partial charge >= 0.3 is 0 Å². The maximum absolute atomic E-state index is 6.06. The highest BCUT2D eigenvalue weighted by molar-refractivity contribution is 4.77. The van der Waals surface area contributed by atoms with Gasteiger partial charge in [-0.2, -0.15) is 0 Å². The lowest BCUT2D eigenvalue weighted by atomic mass is 9.86. The van der Waals surface area contributed by atoms with Crippen molar-refractivity contribution in [3.05, 3.63) is 0 Å². The summed E-state index contributed by atoms with van der Waals surface area (Å²) in [5, 5.41) is 0. The van der Waals surface area contributed by atoms with E-state index in [4.69, 9.17) is 10.5 Å². The summed E-state index contributed by atoms with van der Waals surface area (Å²) in [6.45, 7) is 8.94. The molecule has 0 aromatic carbocycles. The Morgan fingerprint density at radius 1 is 1.31 bits per heavy atom. The highest BCUT2D eigenvalue weighted by Gasteiger charge is 2.22. The van der Waals surface area contributed by atoms with E-state index in [1.807, 2.05) is 0 Å². The summed E-state index contributed by atoms with van der Waals surface area (Å²) in [4.78, 5) is 2.51. The van der Waals surface area contributed by atoms with E-state index in [2.05, 4.69) is 18.7 Å². The number of ether oxygens (including phenoxy) is 1. The third kappa shape index (κ3) is 4.81. The molecular weight excluding hydrogens is 200 g/mol. The Bertz CT molecular complexity index is 177. The van der Waals surface area contributed by atoms with Crippen molar-refractivity contribution >= 4 is 0 Å². The van der Waals surface area contributed by atoms with Crippen LogP contribution in [-0.4, -0.2) is 44.3 Å². The Morgan fingerprint density at radius 2 is 1.94 bits per heavy atom. The van der Waals surface area contributed by atoms with Gasteiger partial charge in [0.25, 0.3) is 0 Å². The fraction of sp³-hybridized carbons (Fsp3) is 1.00. The van der Waals surface area contributed by atoms with Crippen LogP contribution in [0.3, 0.4) is 0 Å². The van der Waals surface area contributed by atoms with Crippen molar-refractivity contribution in [3.8, 4) is 0 Å². The van der Waals surface area contributed by atoms with Gasteiger partial charge in [-0.25, -0.2) is 0 Å². The normalized spacial score (nSPS) is 21.6. The van der Waals surface area contributed by atoms with Gasteiger partial charge in [0.15, 0.2) is 0 Å². The molecule has 1 aliphatic heterocycles. The lowest BCUT2D eigenvalue weighted by Crippen LogP contribution is -2.43. The molecule has 16 heavy (non-hydrogen) atoms. The monoisotopic (exact) mass is 228 g/mol. The average molecular weight is 228 g/mol. The molecule has 3 nitrogen and oxygen atoms in total. The van der Waals surface area contributed by atoms with E-state index >= 15 is 0 Å². The summed E-state index contributed by atoms with van der Waals surface area (Å²) >= 11 is 0. The molecule has 1 unspecified atom stereocenters. The van der Waals surface area contributed by atoms with E-state index in [1.165, 1.54) is 25.9 Å². The Hall–Kier alpha value is -0.120. The van der Waals surface area contributed by atoms with Gasteiger partial charge in [-0.1, -0.05) is 13.8 Å². The van der Waals surface area contributed by atoms with Crippen LogP contribution in [0.1, 0.15) is 33.1 Å². The topological polar surface area (TPSA) is 38.5 Å². The highest BCUT2D eigenvalue weighted by Crippen LogP contribution is 2.24. The molecule has 0 saturated carbocycles. The van der Waals surface area contributed by atoms with Crippen molar-refractivity contribution < 1.29 is 4.74 Å². The second-order valence-corrected chi connectivity index (χ2v) is 5.42. The van der Waals surface area contributed by atoms with E-state index < -0.39 is 0 Å². The van der Waals surface area contributed by atoms with E-state index in [9.17, 15) is 0 Å². The summed E-state index contributed by atoms with van der Waals surface area (Å²) in [5.41, 5.74) is 6.06. The minimum atomic E-state index is 0.274. The summed E-state index contributed by atoms with van der Waals surface area (Å²) < 4.78 is 5.05. The second kappa shape index (κ2) is 7.25. The van der Waals surface area contributed by atoms with Crippen LogP contribution >= 0.6 is 0 Å². The van der Waals surface area contributed by atoms with Crippen molar-refractivity contribution in [2.75, 3.05) is 33.4 Å². The lowest BCUT2D eigenvalue weighted by molar-refractivity contribution is 0.137. The second-order valence-electron chi connectivity index (χ2n) is 5.42. The lowest BCUT2D eigenvalue weighted by Gasteiger charge is -2.35. The number of hydrogen-bond acceptors (Lipinski definition) is 3. The van der Waals surface area contributed by atoms with E-state index in [0.717, 1.165) is 31.4 Å². The number of nitrogens with two attached hydrogens (primary N) is 1. The first-order valence-corrected chi connectivity index (χ1v) is 6.60. The molecule has 0 amide bonds. The zero-order valence-corrected chi connectivity index (χ0v) is 11.1. The number of likely N-dealkylation sites (tertiary alicyclic amines) is 1. The average Bonchev–Trinajstić information content (AvgIpc) is 2.27. The van der Waals surface area contributed by atoms with E-state index in [0.29, 0.717) is 0 Å². The van der Waals surface area contributed by atoms with Crippen molar-refractivity contribution in [3.63, 3.8) is 0 Å². The molecule has 1 rings (SSSR count). The van der Waals surface area contributed by atoms with Gasteiger partial charge in [0.1, 0.15) is 0 Å². The van der Waals surface area contributed by atoms with Gasteiger partial charge in [-0.15, -0.1) is 0 Å². The predicted octanol–water partition coefficient (Wildman–Crippen LogP) is 1.72. The van der Waals surface area contributed by atoms with Gasteiger partial charge in [0, 0.05) is 26.3 Å². The Kier molecular flexibility index (Phi) is 6.32. The van der Waals surface area contributed by atoms with Gasteiger partial charge in [-0.3, -0.25) is 0 Å². The molecule has 0 aliphatic carbocycles. The fourth-order valence-electron chi connectivity index (χ4n) is 2.49. The zero-order chi connectivity index (χ0) is 12.0. The van der Waals surface area contributed by atoms with Gasteiger partial charge in [0.05, 0.1) is 0 Å². The van der Waals surface area contributed by atoms with E-state index in [1.54, 1.807) is 7.11 Å². The first-order valence-electron chi connectivity index (χ1n) is 6.60. The number of hydrogen-bond donors (Lipinski definition) is 1. The molecule has 0 radical (unpaired) electrons. The molecule has 96 valence electrons. The standard InChI is InChI=1S/C13H28N2O/c1-11(2)12-4-7-15(8-5-12)10-13(14)6-9-16-3/h11-13H,4-10,14H2,1-3H3. The van der Waals surface area contributed by atoms with E-state index in [-0.39, 0.29) is 6.04 Å². The SMILES string of the molecule is COCCC(N)CN1CCC(C(C)C)CC1. The minimum absolute atomic E-state index is 0.274. The predicted molar refractivity (Wildman–Crippen MR) is 68.5 cm³/mol. The molecule has 2 N–H and O–H groups in total. The smallest absolute Gasteiger partial charge is 0.0477 e. The maximum atomic E-state index is 6.06. The Morgan fingerprint density at radius 3 is 2.44 bits per heavy atom. The first-order chi connectivity index (χ1) is 7.63. The van der Waals surface area contributed by atoms with Crippen molar-refractivity contribution in [2.24, 2.45) is 17.6 Å². The molecule has 3 heteroatoms. The fourth-order valence-corrected chi connectivity index (χ4v) is 2.49. The van der Waals surface area contributed by atoms with Crippen molar-refractivity contribution in [1.82, 2.24) is 4.90 Å². The first kappa shape index (κ1) is 13.9. The van der Waals surface area contributed by atoms with Crippen molar-refractivity contribution in [2.45, 2.75) is 39.2 Å². The summed E-state index contributed by atoms with van der Waals surface area (Å²) in [5.74, 6) is 1.76. The molecule has 1 fully saturated rings. The highest BCUT2D eigenvalue weighted by atomic mass is 16.5. The number of piperidine rings is 1. The quantitative estimate of drug-likeness (QED) is 0.752. The molecule has 0 aromatic heterocycles. The number of nitrogens with zero attached hydrogens (tertiary/aromatic N) is 1. The molecule has 0 bridgehead atoms. The largest absolute Gasteiger partial charge is 0.385 e. The summed E-state index contributed by atoms with van der Waals surface area (Å²) in [6, 6.07) is 0.274. The maximum Gasteiger partial charge on any atom is 0.0477 e. The van der Waals surface area contributed by atoms with Crippen molar-refractivity contribution in [1.29, 1.82) is 0 Å². The van der Waals surface area contributed by atoms with Crippen LogP contribution in [0.25, 0.3) is 0 Å². The molecule has 1 atom stereocenters. The Labute approximate surface area is 100 Å². The van der Waals surface area contributed by atoms with Crippen LogP contribution < -0.4 is 5.73 Å². The van der Waals surface area contributed by atoms with Gasteiger partial charge < -0.3 is 15.4 Å². The minimum Gasteiger partial charge on any atom is -0.385 e. The van der Waals surface area contributed by atoms with Crippen LogP contribution in [-0.2, 0) is 4.74 Å². The van der Waals surface area contributed by atoms with Gasteiger partial charge in [0.2, 0.25) is 0 Å². The summed E-state index contributed by atoms with van der Waals surface area (Å²) in [7, 11) is 1.74. The molecule has 0 spiro atoms. The van der Waals surface area contributed by atoms with Crippen LogP contribution in [0.5, 0.6) is 0 Å². The molecule has 1 saturated heterocycles. The van der Waals surface area contributed by atoms with Crippen LogP contribution in [0, 0.1) is 11.8 Å². The summed E-state index contributed by atoms with van der Waals surface area (Å²) in [6.07, 6.45) is 3.66. The number of methoxy groups -OCH3 is 1. The van der Waals surface area contributed by atoms with Crippen LogP contribution in [0.15, 0.2) is 0 Å². The zero-order valence-electron chi connectivity index (χ0n) is 11.1. The van der Waals surface area contributed by atoms with Crippen LogP contribution in [0.2, 0.25) is 0 Å². The number of rotatable bonds is 6. The molecule has 1 heterocycles. The third-order valence-corrected chi connectivity index (χ3v) is 3.76. The van der Waals surface area contributed by atoms with Crippen LogP contribution in [0.4, 0.5) is 0 Å².